The predicted octanol–water partition coefficient (Wildman–Crippen LogP) is 4.00. The predicted molar refractivity (Wildman–Crippen MR) is 93.8 cm³/mol. The van der Waals surface area contributed by atoms with Crippen molar-refractivity contribution in [1.29, 1.82) is 0 Å². The Balaban J connectivity index is 2.04. The molecule has 0 atom stereocenters. The van der Waals surface area contributed by atoms with Crippen molar-refractivity contribution in [2.75, 3.05) is 6.61 Å². The number of rotatable bonds is 5. The lowest BCUT2D eigenvalue weighted by molar-refractivity contribution is 0.0518. The van der Waals surface area contributed by atoms with Gasteiger partial charge < -0.3 is 9.72 Å². The lowest BCUT2D eigenvalue weighted by atomic mass is 10.1. The van der Waals surface area contributed by atoms with Crippen LogP contribution in [0.4, 0.5) is 0 Å². The van der Waals surface area contributed by atoms with Crippen molar-refractivity contribution in [2.45, 2.75) is 27.2 Å². The first-order valence-electron chi connectivity index (χ1n) is 8.20. The summed E-state index contributed by atoms with van der Waals surface area (Å²) < 4.78 is 5.13. The average molecular weight is 323 g/mol. The molecule has 0 radical (unpaired) electrons. The van der Waals surface area contributed by atoms with E-state index in [9.17, 15) is 4.79 Å². The zero-order valence-electron chi connectivity index (χ0n) is 14.2. The normalized spacial score (nSPS) is 11.2. The van der Waals surface area contributed by atoms with Crippen LogP contribution in [0.3, 0.4) is 0 Å². The van der Waals surface area contributed by atoms with Crippen molar-refractivity contribution in [1.82, 2.24) is 15.0 Å². The number of H-pyrrole nitrogens is 1. The minimum atomic E-state index is -0.392. The van der Waals surface area contributed by atoms with Gasteiger partial charge in [0.1, 0.15) is 5.69 Å². The summed E-state index contributed by atoms with van der Waals surface area (Å²) in [6.07, 6.45) is 0.731. The van der Waals surface area contributed by atoms with Gasteiger partial charge in [-0.2, -0.15) is 0 Å². The second kappa shape index (κ2) is 6.83. The lowest BCUT2D eigenvalue weighted by Gasteiger charge is -2.04. The third-order valence-electron chi connectivity index (χ3n) is 3.70. The van der Waals surface area contributed by atoms with E-state index in [4.69, 9.17) is 4.74 Å². The second-order valence-electron chi connectivity index (χ2n) is 6.12. The van der Waals surface area contributed by atoms with Gasteiger partial charge in [0, 0.05) is 5.39 Å². The summed E-state index contributed by atoms with van der Waals surface area (Å²) in [4.78, 5) is 24.5. The minimum Gasteiger partial charge on any atom is -0.461 e. The van der Waals surface area contributed by atoms with E-state index in [-0.39, 0.29) is 0 Å². The molecule has 124 valence electrons. The Labute approximate surface area is 141 Å². The molecule has 0 unspecified atom stereocenters. The molecule has 1 N–H and O–H groups in total. The Hall–Kier alpha value is -2.69. The third kappa shape index (κ3) is 3.30. The minimum absolute atomic E-state index is 0.330. The van der Waals surface area contributed by atoms with Gasteiger partial charge in [-0.1, -0.05) is 38.1 Å². The second-order valence-corrected chi connectivity index (χ2v) is 6.12. The number of aromatic nitrogens is 3. The zero-order chi connectivity index (χ0) is 17.1. The van der Waals surface area contributed by atoms with Crippen molar-refractivity contribution in [3.8, 4) is 11.5 Å². The Morgan fingerprint density at radius 1 is 1.17 bits per heavy atom. The number of ether oxygens (including phenoxy) is 1. The number of para-hydroxylation sites is 1. The number of nitrogens with zero attached hydrogens (tertiary/aromatic N) is 2. The van der Waals surface area contributed by atoms with E-state index in [0.717, 1.165) is 23.0 Å². The number of benzene rings is 1. The smallest absolute Gasteiger partial charge is 0.358 e. The summed E-state index contributed by atoms with van der Waals surface area (Å²) >= 11 is 0. The molecule has 5 nitrogen and oxygen atoms in total. The van der Waals surface area contributed by atoms with Gasteiger partial charge in [0.25, 0.3) is 0 Å². The summed E-state index contributed by atoms with van der Waals surface area (Å²) in [5.41, 5.74) is 2.77. The van der Waals surface area contributed by atoms with Crippen molar-refractivity contribution in [3.63, 3.8) is 0 Å². The highest BCUT2D eigenvalue weighted by molar-refractivity contribution is 5.89. The third-order valence-corrected chi connectivity index (χ3v) is 3.70. The first-order valence-corrected chi connectivity index (χ1v) is 8.20. The van der Waals surface area contributed by atoms with E-state index in [1.165, 1.54) is 0 Å². The SMILES string of the molecule is CCOC(=O)c1nc(-c2ccc3ccccc3n2)[nH]c1CC(C)C. The fraction of sp³-hybridized carbons (Fsp3) is 0.316. The Kier molecular flexibility index (Phi) is 4.60. The number of carbonyl (C=O) groups excluding carboxylic acids is 1. The van der Waals surface area contributed by atoms with Crippen molar-refractivity contribution in [3.05, 3.63) is 47.8 Å². The fourth-order valence-electron chi connectivity index (χ4n) is 2.65. The van der Waals surface area contributed by atoms with Crippen LogP contribution >= 0.6 is 0 Å². The van der Waals surface area contributed by atoms with Gasteiger partial charge in [-0.3, -0.25) is 0 Å². The number of pyridine rings is 1. The number of fused-ring (bicyclic) bond motifs is 1. The first kappa shape index (κ1) is 16.2. The van der Waals surface area contributed by atoms with Crippen LogP contribution in [0.1, 0.15) is 37.0 Å². The van der Waals surface area contributed by atoms with Crippen LogP contribution in [0.2, 0.25) is 0 Å². The van der Waals surface area contributed by atoms with Crippen LogP contribution in [-0.2, 0) is 11.2 Å². The molecule has 0 saturated heterocycles. The quantitative estimate of drug-likeness (QED) is 0.721. The molecular formula is C19H21N3O2. The Morgan fingerprint density at radius 2 is 1.96 bits per heavy atom. The van der Waals surface area contributed by atoms with Gasteiger partial charge in [0.15, 0.2) is 11.5 Å². The van der Waals surface area contributed by atoms with Gasteiger partial charge in [-0.25, -0.2) is 14.8 Å². The topological polar surface area (TPSA) is 67.9 Å². The number of carbonyl (C=O) groups is 1. The summed E-state index contributed by atoms with van der Waals surface area (Å²) in [6.45, 7) is 6.32. The van der Waals surface area contributed by atoms with Crippen molar-refractivity contribution in [2.24, 2.45) is 5.92 Å². The molecule has 0 aliphatic carbocycles. The maximum atomic E-state index is 12.2. The van der Waals surface area contributed by atoms with Gasteiger partial charge >= 0.3 is 5.97 Å². The number of esters is 1. The molecule has 3 rings (SSSR count). The maximum Gasteiger partial charge on any atom is 0.358 e. The fourth-order valence-corrected chi connectivity index (χ4v) is 2.65. The monoisotopic (exact) mass is 323 g/mol. The number of aromatic amines is 1. The van der Waals surface area contributed by atoms with Gasteiger partial charge in [0.2, 0.25) is 0 Å². The molecule has 3 aromatic rings. The number of nitrogens with one attached hydrogen (secondary N) is 1. The van der Waals surface area contributed by atoms with Crippen LogP contribution in [0, 0.1) is 5.92 Å². The van der Waals surface area contributed by atoms with E-state index >= 15 is 0 Å². The summed E-state index contributed by atoms with van der Waals surface area (Å²) in [6, 6.07) is 11.8. The Morgan fingerprint density at radius 3 is 2.71 bits per heavy atom. The molecule has 0 bridgehead atoms. The first-order chi connectivity index (χ1) is 11.6. The van der Waals surface area contributed by atoms with Crippen LogP contribution in [0.5, 0.6) is 0 Å². The molecule has 5 heteroatoms. The van der Waals surface area contributed by atoms with Gasteiger partial charge in [-0.15, -0.1) is 0 Å². The van der Waals surface area contributed by atoms with Crippen molar-refractivity contribution >= 4 is 16.9 Å². The summed E-state index contributed by atoms with van der Waals surface area (Å²) in [7, 11) is 0. The number of imidazole rings is 1. The van der Waals surface area contributed by atoms with Crippen LogP contribution in [0.15, 0.2) is 36.4 Å². The van der Waals surface area contributed by atoms with E-state index < -0.39 is 5.97 Å². The van der Waals surface area contributed by atoms with E-state index in [1.54, 1.807) is 6.92 Å². The molecule has 0 spiro atoms. The highest BCUT2D eigenvalue weighted by Crippen LogP contribution is 2.22. The number of hydrogen-bond acceptors (Lipinski definition) is 4. The molecule has 0 amide bonds. The molecule has 0 aliphatic heterocycles. The molecule has 0 fully saturated rings. The zero-order valence-corrected chi connectivity index (χ0v) is 14.2. The highest BCUT2D eigenvalue weighted by atomic mass is 16.5. The molecule has 0 saturated carbocycles. The molecule has 24 heavy (non-hydrogen) atoms. The summed E-state index contributed by atoms with van der Waals surface area (Å²) in [5.74, 6) is 0.604. The van der Waals surface area contributed by atoms with Crippen molar-refractivity contribution < 1.29 is 9.53 Å². The standard InChI is InChI=1S/C19H21N3O2/c1-4-24-19(23)17-16(11-12(2)3)21-18(22-17)15-10-9-13-7-5-6-8-14(13)20-15/h5-10,12H,4,11H2,1-3H3,(H,21,22). The Bertz CT molecular complexity index is 868. The number of hydrogen-bond donors (Lipinski definition) is 1. The maximum absolute atomic E-state index is 12.2. The van der Waals surface area contributed by atoms with E-state index in [2.05, 4.69) is 28.8 Å². The molecule has 2 heterocycles. The average Bonchev–Trinajstić information content (AvgIpc) is 2.98. The van der Waals surface area contributed by atoms with E-state index in [1.807, 2.05) is 36.4 Å². The van der Waals surface area contributed by atoms with Crippen LogP contribution in [-0.4, -0.2) is 27.5 Å². The molecule has 0 aliphatic rings. The molecule has 1 aromatic carbocycles. The largest absolute Gasteiger partial charge is 0.461 e. The molecule has 2 aromatic heterocycles. The lowest BCUT2D eigenvalue weighted by Crippen LogP contribution is -2.09. The van der Waals surface area contributed by atoms with Crippen LogP contribution < -0.4 is 0 Å². The van der Waals surface area contributed by atoms with Gasteiger partial charge in [0.05, 0.1) is 17.8 Å². The summed E-state index contributed by atoms with van der Waals surface area (Å²) in [5, 5.41) is 1.07. The highest BCUT2D eigenvalue weighted by Gasteiger charge is 2.20. The van der Waals surface area contributed by atoms with Gasteiger partial charge in [-0.05, 0) is 31.4 Å². The molecular weight excluding hydrogens is 302 g/mol. The van der Waals surface area contributed by atoms with E-state index in [0.29, 0.717) is 29.7 Å². The van der Waals surface area contributed by atoms with Crippen LogP contribution in [0.25, 0.3) is 22.4 Å².